The van der Waals surface area contributed by atoms with Gasteiger partial charge in [0.1, 0.15) is 12.4 Å². The van der Waals surface area contributed by atoms with E-state index in [1.807, 2.05) is 38.2 Å². The summed E-state index contributed by atoms with van der Waals surface area (Å²) in [5.74, 6) is 0.921. The minimum atomic E-state index is 0.0488. The van der Waals surface area contributed by atoms with E-state index in [1.54, 1.807) is 0 Å². The van der Waals surface area contributed by atoms with Crippen molar-refractivity contribution >= 4 is 5.91 Å². The highest BCUT2D eigenvalue weighted by atomic mass is 16.5. The number of amides is 1. The predicted octanol–water partition coefficient (Wildman–Crippen LogP) is 1.10. The van der Waals surface area contributed by atoms with E-state index in [0.717, 1.165) is 11.3 Å². The van der Waals surface area contributed by atoms with Gasteiger partial charge in [-0.05, 0) is 25.6 Å². The van der Waals surface area contributed by atoms with Gasteiger partial charge in [0.15, 0.2) is 0 Å². The Morgan fingerprint density at radius 2 is 2.06 bits per heavy atom. The van der Waals surface area contributed by atoms with E-state index < -0.39 is 0 Å². The molecule has 1 amide bonds. The molecule has 0 bridgehead atoms. The normalized spacial score (nSPS) is 10.0. The Balaban J connectivity index is 2.16. The summed E-state index contributed by atoms with van der Waals surface area (Å²) in [7, 11) is 1.83. The van der Waals surface area contributed by atoms with Crippen LogP contribution >= 0.6 is 0 Å². The van der Waals surface area contributed by atoms with Crippen LogP contribution in [0.4, 0.5) is 0 Å². The van der Waals surface area contributed by atoms with E-state index in [4.69, 9.17) is 4.74 Å². The van der Waals surface area contributed by atoms with Crippen LogP contribution in [0.25, 0.3) is 0 Å². The summed E-state index contributed by atoms with van der Waals surface area (Å²) in [5, 5.41) is 5.73. The third kappa shape index (κ3) is 5.36. The summed E-state index contributed by atoms with van der Waals surface area (Å²) in [6.07, 6.45) is 0.501. The molecule has 0 aliphatic carbocycles. The standard InChI is InChI=1S/C13H20N2O2/c1-11-5-3-4-6-12(11)17-10-9-15-13(16)7-8-14-2/h3-6,14H,7-10H2,1-2H3,(H,15,16). The third-order valence-corrected chi connectivity index (χ3v) is 2.38. The summed E-state index contributed by atoms with van der Waals surface area (Å²) in [6, 6.07) is 7.84. The van der Waals surface area contributed by atoms with E-state index >= 15 is 0 Å². The molecule has 1 rings (SSSR count). The molecule has 2 N–H and O–H groups in total. The second-order valence-corrected chi connectivity index (χ2v) is 3.82. The van der Waals surface area contributed by atoms with Gasteiger partial charge in [-0.25, -0.2) is 0 Å². The van der Waals surface area contributed by atoms with Crippen molar-refractivity contribution in [3.8, 4) is 5.75 Å². The molecule has 0 atom stereocenters. The van der Waals surface area contributed by atoms with Gasteiger partial charge in [0.05, 0.1) is 6.54 Å². The maximum Gasteiger partial charge on any atom is 0.221 e. The number of benzene rings is 1. The van der Waals surface area contributed by atoms with Crippen molar-refractivity contribution in [2.24, 2.45) is 0 Å². The molecule has 0 saturated carbocycles. The van der Waals surface area contributed by atoms with Gasteiger partial charge in [-0.2, -0.15) is 0 Å². The summed E-state index contributed by atoms with van der Waals surface area (Å²) < 4.78 is 5.56. The molecular weight excluding hydrogens is 216 g/mol. The monoisotopic (exact) mass is 236 g/mol. The van der Waals surface area contributed by atoms with Gasteiger partial charge in [0, 0.05) is 13.0 Å². The molecule has 0 unspecified atom stereocenters. The molecule has 0 aromatic heterocycles. The van der Waals surface area contributed by atoms with E-state index in [1.165, 1.54) is 0 Å². The van der Waals surface area contributed by atoms with Crippen LogP contribution in [0, 0.1) is 6.92 Å². The molecule has 94 valence electrons. The van der Waals surface area contributed by atoms with Crippen LogP contribution in [-0.2, 0) is 4.79 Å². The van der Waals surface area contributed by atoms with Crippen molar-refractivity contribution in [1.29, 1.82) is 0 Å². The summed E-state index contributed by atoms with van der Waals surface area (Å²) in [4.78, 5) is 11.3. The molecule has 0 fully saturated rings. The SMILES string of the molecule is CNCCC(=O)NCCOc1ccccc1C. The van der Waals surface area contributed by atoms with Crippen LogP contribution < -0.4 is 15.4 Å². The summed E-state index contributed by atoms with van der Waals surface area (Å²) >= 11 is 0. The average molecular weight is 236 g/mol. The number of hydrogen-bond acceptors (Lipinski definition) is 3. The fourth-order valence-corrected chi connectivity index (χ4v) is 1.40. The Morgan fingerprint density at radius 1 is 1.29 bits per heavy atom. The highest BCUT2D eigenvalue weighted by molar-refractivity contribution is 5.75. The zero-order chi connectivity index (χ0) is 12.5. The number of ether oxygens (including phenoxy) is 1. The minimum absolute atomic E-state index is 0.0488. The van der Waals surface area contributed by atoms with Gasteiger partial charge in [-0.1, -0.05) is 18.2 Å². The quantitative estimate of drug-likeness (QED) is 0.697. The molecule has 0 aliphatic rings. The summed E-state index contributed by atoms with van der Waals surface area (Å²) in [5.41, 5.74) is 1.11. The molecule has 4 nitrogen and oxygen atoms in total. The second kappa shape index (κ2) is 7.68. The van der Waals surface area contributed by atoms with Crippen LogP contribution in [0.1, 0.15) is 12.0 Å². The van der Waals surface area contributed by atoms with Crippen molar-refractivity contribution in [1.82, 2.24) is 10.6 Å². The van der Waals surface area contributed by atoms with Gasteiger partial charge in [-0.15, -0.1) is 0 Å². The van der Waals surface area contributed by atoms with Crippen LogP contribution in [0.15, 0.2) is 24.3 Å². The minimum Gasteiger partial charge on any atom is -0.491 e. The number of hydrogen-bond donors (Lipinski definition) is 2. The van der Waals surface area contributed by atoms with E-state index in [9.17, 15) is 4.79 Å². The molecule has 0 heterocycles. The van der Waals surface area contributed by atoms with Crippen molar-refractivity contribution in [2.75, 3.05) is 26.7 Å². The Labute approximate surface area is 102 Å². The molecule has 17 heavy (non-hydrogen) atoms. The van der Waals surface area contributed by atoms with Crippen molar-refractivity contribution in [3.63, 3.8) is 0 Å². The average Bonchev–Trinajstić information content (AvgIpc) is 2.34. The Morgan fingerprint density at radius 3 is 2.76 bits per heavy atom. The fourth-order valence-electron chi connectivity index (χ4n) is 1.40. The summed E-state index contributed by atoms with van der Waals surface area (Å²) in [6.45, 7) is 3.73. The molecule has 0 spiro atoms. The number of nitrogens with one attached hydrogen (secondary N) is 2. The topological polar surface area (TPSA) is 50.4 Å². The van der Waals surface area contributed by atoms with E-state index in [0.29, 0.717) is 26.1 Å². The first-order chi connectivity index (χ1) is 8.24. The molecule has 4 heteroatoms. The first-order valence-corrected chi connectivity index (χ1v) is 5.83. The second-order valence-electron chi connectivity index (χ2n) is 3.82. The van der Waals surface area contributed by atoms with Crippen LogP contribution in [0.5, 0.6) is 5.75 Å². The smallest absolute Gasteiger partial charge is 0.221 e. The van der Waals surface area contributed by atoms with Gasteiger partial charge >= 0.3 is 0 Å². The molecule has 1 aromatic rings. The van der Waals surface area contributed by atoms with Crippen molar-refractivity contribution in [3.05, 3.63) is 29.8 Å². The molecule has 0 saturated heterocycles. The zero-order valence-electron chi connectivity index (χ0n) is 10.5. The fraction of sp³-hybridized carbons (Fsp3) is 0.462. The van der Waals surface area contributed by atoms with Gasteiger partial charge in [0.25, 0.3) is 0 Å². The maximum atomic E-state index is 11.3. The lowest BCUT2D eigenvalue weighted by molar-refractivity contribution is -0.121. The zero-order valence-corrected chi connectivity index (χ0v) is 10.5. The predicted molar refractivity (Wildman–Crippen MR) is 68.2 cm³/mol. The lowest BCUT2D eigenvalue weighted by Gasteiger charge is -2.09. The van der Waals surface area contributed by atoms with Crippen LogP contribution in [-0.4, -0.2) is 32.7 Å². The number of aryl methyl sites for hydroxylation is 1. The van der Waals surface area contributed by atoms with E-state index in [-0.39, 0.29) is 5.91 Å². The van der Waals surface area contributed by atoms with Gasteiger partial charge < -0.3 is 15.4 Å². The first kappa shape index (κ1) is 13.5. The molecular formula is C13H20N2O2. The Kier molecular flexibility index (Phi) is 6.10. The van der Waals surface area contributed by atoms with Gasteiger partial charge in [-0.3, -0.25) is 4.79 Å². The van der Waals surface area contributed by atoms with Crippen molar-refractivity contribution in [2.45, 2.75) is 13.3 Å². The Hall–Kier alpha value is -1.55. The first-order valence-electron chi connectivity index (χ1n) is 5.83. The van der Waals surface area contributed by atoms with Crippen molar-refractivity contribution < 1.29 is 9.53 Å². The lowest BCUT2D eigenvalue weighted by Crippen LogP contribution is -2.30. The number of rotatable bonds is 7. The van der Waals surface area contributed by atoms with Gasteiger partial charge in [0.2, 0.25) is 5.91 Å². The molecule has 0 radical (unpaired) electrons. The largest absolute Gasteiger partial charge is 0.491 e. The number of carbonyl (C=O) groups excluding carboxylic acids is 1. The van der Waals surface area contributed by atoms with Crippen LogP contribution in [0.3, 0.4) is 0 Å². The molecule has 1 aromatic carbocycles. The molecule has 0 aliphatic heterocycles. The highest BCUT2D eigenvalue weighted by Gasteiger charge is 2.00. The number of carbonyl (C=O) groups is 1. The Bertz CT molecular complexity index is 353. The lowest BCUT2D eigenvalue weighted by atomic mass is 10.2. The highest BCUT2D eigenvalue weighted by Crippen LogP contribution is 2.15. The van der Waals surface area contributed by atoms with Crippen LogP contribution in [0.2, 0.25) is 0 Å². The third-order valence-electron chi connectivity index (χ3n) is 2.38. The maximum absolute atomic E-state index is 11.3. The van der Waals surface area contributed by atoms with E-state index in [2.05, 4.69) is 10.6 Å². The number of para-hydroxylation sites is 1.